The summed E-state index contributed by atoms with van der Waals surface area (Å²) < 4.78 is 0. The summed E-state index contributed by atoms with van der Waals surface area (Å²) in [5.41, 5.74) is 4.99. The van der Waals surface area contributed by atoms with E-state index in [4.69, 9.17) is 17.4 Å². The molecule has 0 radical (unpaired) electrons. The number of aromatic nitrogens is 2. The monoisotopic (exact) mass is 304 g/mol. The number of rotatable bonds is 6. The molecule has 0 aliphatic heterocycles. The van der Waals surface area contributed by atoms with Crippen LogP contribution < -0.4 is 21.9 Å². The summed E-state index contributed by atoms with van der Waals surface area (Å²) in [6.45, 7) is 6.83. The van der Waals surface area contributed by atoms with E-state index in [1.165, 1.54) is 6.20 Å². The highest BCUT2D eigenvalue weighted by atomic mass is 35.5. The van der Waals surface area contributed by atoms with E-state index >= 15 is 0 Å². The van der Waals surface area contributed by atoms with Gasteiger partial charge < -0.3 is 10.6 Å². The molecule has 1 aromatic carbocycles. The van der Waals surface area contributed by atoms with Crippen molar-refractivity contribution in [1.82, 2.24) is 15.3 Å². The minimum Gasteiger partial charge on any atom is -0.385 e. The van der Waals surface area contributed by atoms with Crippen molar-refractivity contribution in [3.63, 3.8) is 0 Å². The summed E-state index contributed by atoms with van der Waals surface area (Å²) in [7, 11) is 0. The molecule has 2 aromatic rings. The van der Waals surface area contributed by atoms with Gasteiger partial charge in [-0.05, 0) is 13.0 Å². The van der Waals surface area contributed by atoms with Gasteiger partial charge in [0.15, 0.2) is 5.82 Å². The molecule has 0 aliphatic rings. The standard InChI is InChI=1S/C14H17ClN6/c1-3-17-9(2)10-6-4-5-7-12(10)19-13-11(15)8-18-14(20-13)21-16/h4-8,17H,2-3,16H2,1H3,(H2,18,19,20,21). The van der Waals surface area contributed by atoms with Gasteiger partial charge in [0.25, 0.3) is 0 Å². The first-order valence-electron chi connectivity index (χ1n) is 6.44. The van der Waals surface area contributed by atoms with Crippen molar-refractivity contribution in [2.24, 2.45) is 5.84 Å². The molecule has 1 aromatic heterocycles. The molecular formula is C14H17ClN6. The number of nitrogens with two attached hydrogens (primary N) is 1. The minimum atomic E-state index is 0.282. The third-order valence-corrected chi connectivity index (χ3v) is 3.05. The van der Waals surface area contributed by atoms with Crippen LogP contribution >= 0.6 is 11.6 Å². The maximum atomic E-state index is 6.10. The third kappa shape index (κ3) is 3.62. The number of hydrogen-bond donors (Lipinski definition) is 4. The van der Waals surface area contributed by atoms with Gasteiger partial charge in [0.1, 0.15) is 5.02 Å². The van der Waals surface area contributed by atoms with Gasteiger partial charge in [-0.15, -0.1) is 0 Å². The first kappa shape index (κ1) is 15.1. The Bertz CT molecular complexity index is 643. The first-order chi connectivity index (χ1) is 10.2. The fraction of sp³-hybridized carbons (Fsp3) is 0.143. The quantitative estimate of drug-likeness (QED) is 0.485. The summed E-state index contributed by atoms with van der Waals surface area (Å²) in [5.74, 6) is 6.06. The lowest BCUT2D eigenvalue weighted by molar-refractivity contribution is 0.942. The second kappa shape index (κ2) is 6.92. The van der Waals surface area contributed by atoms with Crippen molar-refractivity contribution < 1.29 is 0 Å². The summed E-state index contributed by atoms with van der Waals surface area (Å²) in [5, 5.41) is 6.77. The van der Waals surface area contributed by atoms with Crippen LogP contribution in [0.15, 0.2) is 37.0 Å². The lowest BCUT2D eigenvalue weighted by Gasteiger charge is -2.15. The lowest BCUT2D eigenvalue weighted by Crippen LogP contribution is -2.13. The number of nitrogen functional groups attached to an aromatic ring is 1. The van der Waals surface area contributed by atoms with Gasteiger partial charge in [0.2, 0.25) is 5.95 Å². The van der Waals surface area contributed by atoms with Gasteiger partial charge in [-0.25, -0.2) is 10.8 Å². The molecule has 0 amide bonds. The average molecular weight is 305 g/mol. The van der Waals surface area contributed by atoms with Crippen LogP contribution in [0.25, 0.3) is 5.70 Å². The molecule has 2 rings (SSSR count). The Hall–Kier alpha value is -2.31. The number of anilines is 3. The molecule has 0 atom stereocenters. The number of benzene rings is 1. The van der Waals surface area contributed by atoms with Crippen molar-refractivity contribution >= 4 is 34.8 Å². The van der Waals surface area contributed by atoms with Crippen molar-refractivity contribution in [3.8, 4) is 0 Å². The molecule has 110 valence electrons. The Kier molecular flexibility index (Phi) is 4.97. The van der Waals surface area contributed by atoms with Gasteiger partial charge in [-0.2, -0.15) is 4.98 Å². The second-order valence-corrected chi connectivity index (χ2v) is 4.62. The molecule has 0 fully saturated rings. The maximum Gasteiger partial charge on any atom is 0.239 e. The molecule has 0 bridgehead atoms. The Labute approximate surface area is 128 Å². The fourth-order valence-electron chi connectivity index (χ4n) is 1.82. The normalized spacial score (nSPS) is 10.0. The zero-order chi connectivity index (χ0) is 15.2. The van der Waals surface area contributed by atoms with Crippen LogP contribution in [0.4, 0.5) is 17.5 Å². The van der Waals surface area contributed by atoms with Crippen LogP contribution in [0.5, 0.6) is 0 Å². The molecule has 7 heteroatoms. The number of hydrogen-bond acceptors (Lipinski definition) is 6. The highest BCUT2D eigenvalue weighted by Crippen LogP contribution is 2.27. The molecule has 0 spiro atoms. The molecule has 0 unspecified atom stereocenters. The van der Waals surface area contributed by atoms with Crippen molar-refractivity contribution in [2.75, 3.05) is 17.3 Å². The maximum absolute atomic E-state index is 6.10. The molecule has 0 aliphatic carbocycles. The molecule has 1 heterocycles. The summed E-state index contributed by atoms with van der Waals surface area (Å²) in [6.07, 6.45) is 1.48. The van der Waals surface area contributed by atoms with Crippen LogP contribution in [0.3, 0.4) is 0 Å². The van der Waals surface area contributed by atoms with Gasteiger partial charge >= 0.3 is 0 Å². The van der Waals surface area contributed by atoms with Gasteiger partial charge in [0.05, 0.1) is 6.20 Å². The van der Waals surface area contributed by atoms with Gasteiger partial charge in [-0.1, -0.05) is 36.4 Å². The van der Waals surface area contributed by atoms with Crippen molar-refractivity contribution in [3.05, 3.63) is 47.6 Å². The summed E-state index contributed by atoms with van der Waals surface area (Å²) in [6, 6.07) is 7.75. The van der Waals surface area contributed by atoms with Crippen LogP contribution in [0.2, 0.25) is 5.02 Å². The fourth-order valence-corrected chi connectivity index (χ4v) is 1.95. The Morgan fingerprint density at radius 1 is 1.38 bits per heavy atom. The van der Waals surface area contributed by atoms with E-state index < -0.39 is 0 Å². The highest BCUT2D eigenvalue weighted by Gasteiger charge is 2.09. The van der Waals surface area contributed by atoms with E-state index in [0.717, 1.165) is 23.5 Å². The molecule has 0 saturated carbocycles. The van der Waals surface area contributed by atoms with E-state index in [9.17, 15) is 0 Å². The first-order valence-corrected chi connectivity index (χ1v) is 6.81. The predicted octanol–water partition coefficient (Wildman–Crippen LogP) is 2.74. The zero-order valence-electron chi connectivity index (χ0n) is 11.7. The van der Waals surface area contributed by atoms with E-state index in [-0.39, 0.29) is 5.95 Å². The van der Waals surface area contributed by atoms with Gasteiger partial charge in [-0.3, -0.25) is 5.43 Å². The number of para-hydroxylation sites is 1. The molecule has 6 nitrogen and oxygen atoms in total. The van der Waals surface area contributed by atoms with E-state index in [2.05, 4.69) is 32.6 Å². The average Bonchev–Trinajstić information content (AvgIpc) is 2.50. The van der Waals surface area contributed by atoms with Crippen LogP contribution in [-0.4, -0.2) is 16.5 Å². The summed E-state index contributed by atoms with van der Waals surface area (Å²) >= 11 is 6.10. The van der Waals surface area contributed by atoms with Crippen LogP contribution in [-0.2, 0) is 0 Å². The van der Waals surface area contributed by atoms with Crippen LogP contribution in [0.1, 0.15) is 12.5 Å². The van der Waals surface area contributed by atoms with Crippen molar-refractivity contribution in [2.45, 2.75) is 6.92 Å². The highest BCUT2D eigenvalue weighted by molar-refractivity contribution is 6.32. The topological polar surface area (TPSA) is 87.9 Å². The van der Waals surface area contributed by atoms with Crippen LogP contribution in [0, 0.1) is 0 Å². The predicted molar refractivity (Wildman–Crippen MR) is 87.3 cm³/mol. The number of nitrogens with one attached hydrogen (secondary N) is 3. The molecule has 21 heavy (non-hydrogen) atoms. The number of nitrogens with zero attached hydrogens (tertiary/aromatic N) is 2. The Balaban J connectivity index is 2.33. The number of hydrazine groups is 1. The van der Waals surface area contributed by atoms with Gasteiger partial charge in [0, 0.05) is 23.5 Å². The SMILES string of the molecule is C=C(NCC)c1ccccc1Nc1nc(NN)ncc1Cl. The Morgan fingerprint density at radius 3 is 2.86 bits per heavy atom. The van der Waals surface area contributed by atoms with Crippen molar-refractivity contribution in [1.29, 1.82) is 0 Å². The molecule has 5 N–H and O–H groups in total. The largest absolute Gasteiger partial charge is 0.385 e. The van der Waals surface area contributed by atoms with E-state index in [1.54, 1.807) is 0 Å². The molecular weight excluding hydrogens is 288 g/mol. The summed E-state index contributed by atoms with van der Waals surface area (Å²) in [4.78, 5) is 8.13. The second-order valence-electron chi connectivity index (χ2n) is 4.21. The number of halogens is 1. The Morgan fingerprint density at radius 2 is 2.14 bits per heavy atom. The van der Waals surface area contributed by atoms with E-state index in [1.807, 2.05) is 31.2 Å². The smallest absolute Gasteiger partial charge is 0.239 e. The lowest BCUT2D eigenvalue weighted by atomic mass is 10.1. The van der Waals surface area contributed by atoms with E-state index in [0.29, 0.717) is 10.8 Å². The third-order valence-electron chi connectivity index (χ3n) is 2.77. The zero-order valence-corrected chi connectivity index (χ0v) is 12.4. The molecule has 0 saturated heterocycles. The minimum absolute atomic E-state index is 0.282.